The van der Waals surface area contributed by atoms with Crippen LogP contribution in [0.3, 0.4) is 0 Å². The van der Waals surface area contributed by atoms with Crippen molar-refractivity contribution in [3.63, 3.8) is 0 Å². The second-order valence-corrected chi connectivity index (χ2v) is 8.99. The van der Waals surface area contributed by atoms with Gasteiger partial charge in [0.1, 0.15) is 12.4 Å². The molecule has 0 aliphatic heterocycles. The molecule has 1 heterocycles. The van der Waals surface area contributed by atoms with Gasteiger partial charge in [0.05, 0.1) is 27.1 Å². The number of aromatic nitrogens is 2. The van der Waals surface area contributed by atoms with Gasteiger partial charge in [-0.1, -0.05) is 62.2 Å². The van der Waals surface area contributed by atoms with Crippen molar-refractivity contribution in [3.8, 4) is 5.69 Å². The molecular weight excluding hydrogens is 451 g/mol. The standard InChI is InChI=1S/C23H24Cl2N4O3/c1-14(30)32-13-15-7-5-8-16(11-15)29-20(12-19(28-29)23(2,3)4)27-22(31)26-18-10-6-9-17(24)21(18)25/h5-12H,13H2,1-4H3,(H2,26,27,31). The van der Waals surface area contributed by atoms with Gasteiger partial charge in [0.15, 0.2) is 0 Å². The predicted octanol–water partition coefficient (Wildman–Crippen LogP) is 6.18. The Bertz CT molecular complexity index is 1150. The van der Waals surface area contributed by atoms with Crippen LogP contribution in [0, 0.1) is 0 Å². The summed E-state index contributed by atoms with van der Waals surface area (Å²) in [7, 11) is 0. The summed E-state index contributed by atoms with van der Waals surface area (Å²) >= 11 is 12.2. The monoisotopic (exact) mass is 474 g/mol. The first-order valence-corrected chi connectivity index (χ1v) is 10.7. The molecular formula is C23H24Cl2N4O3. The van der Waals surface area contributed by atoms with E-state index in [0.717, 1.165) is 11.3 Å². The highest BCUT2D eigenvalue weighted by Gasteiger charge is 2.22. The first kappa shape index (κ1) is 23.6. The maximum atomic E-state index is 12.7. The number of benzene rings is 2. The fraction of sp³-hybridized carbons (Fsp3) is 0.261. The number of hydrogen-bond acceptors (Lipinski definition) is 4. The van der Waals surface area contributed by atoms with Crippen LogP contribution in [0.4, 0.5) is 16.3 Å². The number of urea groups is 1. The molecule has 0 saturated carbocycles. The van der Waals surface area contributed by atoms with E-state index in [1.54, 1.807) is 22.9 Å². The molecule has 3 rings (SSSR count). The number of rotatable bonds is 5. The van der Waals surface area contributed by atoms with E-state index in [1.807, 2.05) is 51.1 Å². The van der Waals surface area contributed by atoms with Crippen LogP contribution in [0.5, 0.6) is 0 Å². The smallest absolute Gasteiger partial charge is 0.324 e. The Morgan fingerprint density at radius 3 is 2.47 bits per heavy atom. The van der Waals surface area contributed by atoms with Gasteiger partial charge >= 0.3 is 12.0 Å². The summed E-state index contributed by atoms with van der Waals surface area (Å²) in [5.74, 6) is 0.110. The van der Waals surface area contributed by atoms with Crippen molar-refractivity contribution in [3.05, 3.63) is 69.8 Å². The van der Waals surface area contributed by atoms with Gasteiger partial charge in [-0.15, -0.1) is 0 Å². The lowest BCUT2D eigenvalue weighted by Gasteiger charge is -2.14. The quantitative estimate of drug-likeness (QED) is 0.432. The molecule has 0 aliphatic carbocycles. The Labute approximate surface area is 196 Å². The first-order chi connectivity index (χ1) is 15.0. The van der Waals surface area contributed by atoms with E-state index < -0.39 is 6.03 Å². The largest absolute Gasteiger partial charge is 0.461 e. The molecule has 0 radical (unpaired) electrons. The topological polar surface area (TPSA) is 85.2 Å². The van der Waals surface area contributed by atoms with E-state index in [9.17, 15) is 9.59 Å². The minimum absolute atomic E-state index is 0.146. The van der Waals surface area contributed by atoms with E-state index in [0.29, 0.717) is 22.2 Å². The van der Waals surface area contributed by atoms with Crippen molar-refractivity contribution >= 4 is 46.7 Å². The number of esters is 1. The summed E-state index contributed by atoms with van der Waals surface area (Å²) in [4.78, 5) is 23.9. The van der Waals surface area contributed by atoms with Crippen LogP contribution in [0.15, 0.2) is 48.5 Å². The van der Waals surface area contributed by atoms with Crippen molar-refractivity contribution in [2.75, 3.05) is 10.6 Å². The third kappa shape index (κ3) is 5.81. The Balaban J connectivity index is 1.91. The van der Waals surface area contributed by atoms with Gasteiger partial charge in [-0.2, -0.15) is 5.10 Å². The molecule has 7 nitrogen and oxygen atoms in total. The van der Waals surface area contributed by atoms with Gasteiger partial charge in [-0.3, -0.25) is 10.1 Å². The number of nitrogens with one attached hydrogen (secondary N) is 2. The van der Waals surface area contributed by atoms with E-state index in [2.05, 4.69) is 10.6 Å². The minimum Gasteiger partial charge on any atom is -0.461 e. The number of nitrogens with zero attached hydrogens (tertiary/aromatic N) is 2. The average Bonchev–Trinajstić information content (AvgIpc) is 3.14. The van der Waals surface area contributed by atoms with Crippen molar-refractivity contribution in [1.29, 1.82) is 0 Å². The van der Waals surface area contributed by atoms with Gasteiger partial charge in [-0.05, 0) is 29.8 Å². The van der Waals surface area contributed by atoms with Gasteiger partial charge in [-0.25, -0.2) is 9.48 Å². The molecule has 2 aromatic carbocycles. The van der Waals surface area contributed by atoms with Gasteiger partial charge in [0.2, 0.25) is 0 Å². The first-order valence-electron chi connectivity index (χ1n) is 9.90. The molecule has 0 saturated heterocycles. The molecule has 168 valence electrons. The molecule has 0 spiro atoms. The summed E-state index contributed by atoms with van der Waals surface area (Å²) < 4.78 is 6.72. The number of ether oxygens (including phenoxy) is 1. The average molecular weight is 475 g/mol. The zero-order chi connectivity index (χ0) is 23.5. The third-order valence-corrected chi connectivity index (χ3v) is 5.34. The molecule has 0 atom stereocenters. The van der Waals surface area contributed by atoms with Crippen LogP contribution in [0.25, 0.3) is 5.69 Å². The lowest BCUT2D eigenvalue weighted by Crippen LogP contribution is -2.21. The fourth-order valence-corrected chi connectivity index (χ4v) is 3.21. The molecule has 0 unspecified atom stereocenters. The number of halogens is 2. The van der Waals surface area contributed by atoms with Gasteiger partial charge in [0, 0.05) is 18.4 Å². The van der Waals surface area contributed by atoms with Crippen LogP contribution in [-0.2, 0) is 21.6 Å². The summed E-state index contributed by atoms with van der Waals surface area (Å²) in [5, 5.41) is 10.8. The Morgan fingerprint density at radius 1 is 1.06 bits per heavy atom. The lowest BCUT2D eigenvalue weighted by molar-refractivity contribution is -0.142. The lowest BCUT2D eigenvalue weighted by atomic mass is 9.92. The van der Waals surface area contributed by atoms with Crippen LogP contribution in [-0.4, -0.2) is 21.8 Å². The summed E-state index contributed by atoms with van der Waals surface area (Å²) in [6.07, 6.45) is 0. The number of carbonyl (C=O) groups is 2. The van der Waals surface area contributed by atoms with Crippen LogP contribution < -0.4 is 10.6 Å². The van der Waals surface area contributed by atoms with E-state index in [-0.39, 0.29) is 23.0 Å². The summed E-state index contributed by atoms with van der Waals surface area (Å²) in [5.41, 5.74) is 2.44. The zero-order valence-corrected chi connectivity index (χ0v) is 19.7. The summed E-state index contributed by atoms with van der Waals surface area (Å²) in [6.45, 7) is 7.61. The predicted molar refractivity (Wildman–Crippen MR) is 127 cm³/mol. The fourth-order valence-electron chi connectivity index (χ4n) is 2.87. The number of amides is 2. The van der Waals surface area contributed by atoms with E-state index in [1.165, 1.54) is 6.92 Å². The third-order valence-electron chi connectivity index (χ3n) is 4.52. The zero-order valence-electron chi connectivity index (χ0n) is 18.2. The number of anilines is 2. The summed E-state index contributed by atoms with van der Waals surface area (Å²) in [6, 6.07) is 13.7. The molecule has 0 bridgehead atoms. The highest BCUT2D eigenvalue weighted by atomic mass is 35.5. The number of hydrogen-bond donors (Lipinski definition) is 2. The maximum absolute atomic E-state index is 12.7. The molecule has 0 aliphatic rings. The Kier molecular flexibility index (Phi) is 7.11. The normalized spacial score (nSPS) is 11.2. The van der Waals surface area contributed by atoms with Crippen molar-refractivity contribution in [2.24, 2.45) is 0 Å². The Morgan fingerprint density at radius 2 is 1.78 bits per heavy atom. The Hall–Kier alpha value is -3.03. The van der Waals surface area contributed by atoms with E-state index in [4.69, 9.17) is 33.0 Å². The molecule has 2 N–H and O–H groups in total. The van der Waals surface area contributed by atoms with Gasteiger partial charge < -0.3 is 10.1 Å². The molecule has 0 fully saturated rings. The molecule has 1 aromatic heterocycles. The molecule has 2 amide bonds. The van der Waals surface area contributed by atoms with Gasteiger partial charge in [0.25, 0.3) is 0 Å². The molecule has 3 aromatic rings. The van der Waals surface area contributed by atoms with Crippen LogP contribution >= 0.6 is 23.2 Å². The van der Waals surface area contributed by atoms with Crippen molar-refractivity contribution in [2.45, 2.75) is 39.7 Å². The second-order valence-electron chi connectivity index (χ2n) is 8.21. The number of carbonyl (C=O) groups excluding carboxylic acids is 2. The van der Waals surface area contributed by atoms with Crippen LogP contribution in [0.2, 0.25) is 10.0 Å². The molecule has 32 heavy (non-hydrogen) atoms. The molecule has 9 heteroatoms. The minimum atomic E-state index is -0.494. The SMILES string of the molecule is CC(=O)OCc1cccc(-n2nc(C(C)(C)C)cc2NC(=O)Nc2cccc(Cl)c2Cl)c1. The van der Waals surface area contributed by atoms with Crippen LogP contribution in [0.1, 0.15) is 39.0 Å². The maximum Gasteiger partial charge on any atom is 0.324 e. The van der Waals surface area contributed by atoms with Crippen molar-refractivity contribution in [1.82, 2.24) is 9.78 Å². The second kappa shape index (κ2) is 9.63. The van der Waals surface area contributed by atoms with E-state index >= 15 is 0 Å². The highest BCUT2D eigenvalue weighted by Crippen LogP contribution is 2.30. The van der Waals surface area contributed by atoms with Crippen molar-refractivity contribution < 1.29 is 14.3 Å². The highest BCUT2D eigenvalue weighted by molar-refractivity contribution is 6.44.